The van der Waals surface area contributed by atoms with E-state index in [9.17, 15) is 0 Å². The van der Waals surface area contributed by atoms with E-state index in [2.05, 4.69) is 47.1 Å². The van der Waals surface area contributed by atoms with Gasteiger partial charge in [0.2, 0.25) is 0 Å². The van der Waals surface area contributed by atoms with E-state index in [1.54, 1.807) is 0 Å². The van der Waals surface area contributed by atoms with Crippen LogP contribution < -0.4 is 5.73 Å². The molecule has 0 amide bonds. The Balaban J connectivity index is 2.00. The van der Waals surface area contributed by atoms with Crippen molar-refractivity contribution in [3.63, 3.8) is 0 Å². The lowest BCUT2D eigenvalue weighted by molar-refractivity contribution is 0.136. The van der Waals surface area contributed by atoms with Crippen LogP contribution in [0.15, 0.2) is 35.3 Å². The molecule has 0 bridgehead atoms. The van der Waals surface area contributed by atoms with Crippen molar-refractivity contribution in [2.24, 2.45) is 10.7 Å². The lowest BCUT2D eigenvalue weighted by atomic mass is 9.83. The molecule has 3 heteroatoms. The summed E-state index contributed by atoms with van der Waals surface area (Å²) in [6.45, 7) is 3.07. The highest BCUT2D eigenvalue weighted by Crippen LogP contribution is 2.41. The van der Waals surface area contributed by atoms with Crippen molar-refractivity contribution in [2.75, 3.05) is 6.54 Å². The van der Waals surface area contributed by atoms with Crippen molar-refractivity contribution in [2.45, 2.75) is 57.0 Å². The van der Waals surface area contributed by atoms with Crippen LogP contribution in [0.1, 0.15) is 51.0 Å². The number of hydrogen-bond acceptors (Lipinski definition) is 3. The molecule has 1 saturated carbocycles. The van der Waals surface area contributed by atoms with E-state index in [1.807, 2.05) is 0 Å². The molecule has 1 fully saturated rings. The Bertz CT molecular complexity index is 476. The summed E-state index contributed by atoms with van der Waals surface area (Å²) in [5.74, 6) is 0.759. The van der Waals surface area contributed by atoms with E-state index in [4.69, 9.17) is 5.73 Å². The number of guanidine groups is 1. The molecule has 1 unspecified atom stereocenters. The zero-order valence-electron chi connectivity index (χ0n) is 12.4. The third-order valence-electron chi connectivity index (χ3n) is 4.88. The first-order valence-corrected chi connectivity index (χ1v) is 7.93. The van der Waals surface area contributed by atoms with Gasteiger partial charge < -0.3 is 10.6 Å². The third kappa shape index (κ3) is 2.09. The molecule has 0 radical (unpaired) electrons. The van der Waals surface area contributed by atoms with Gasteiger partial charge in [-0.3, -0.25) is 4.99 Å². The van der Waals surface area contributed by atoms with Gasteiger partial charge >= 0.3 is 0 Å². The fourth-order valence-electron chi connectivity index (χ4n) is 4.02. The minimum Gasteiger partial charge on any atom is -0.370 e. The van der Waals surface area contributed by atoms with Crippen LogP contribution in [-0.2, 0) is 5.54 Å². The molecular weight excluding hydrogens is 246 g/mol. The molecule has 2 N–H and O–H groups in total. The van der Waals surface area contributed by atoms with Crippen LogP contribution in [-0.4, -0.2) is 23.4 Å². The maximum atomic E-state index is 6.28. The van der Waals surface area contributed by atoms with Crippen molar-refractivity contribution in [3.8, 4) is 0 Å². The number of hydrogen-bond donors (Lipinski definition) is 1. The maximum Gasteiger partial charge on any atom is 0.192 e. The van der Waals surface area contributed by atoms with E-state index in [0.717, 1.165) is 25.3 Å². The van der Waals surface area contributed by atoms with Gasteiger partial charge in [0, 0.05) is 6.04 Å². The van der Waals surface area contributed by atoms with Crippen molar-refractivity contribution in [1.82, 2.24) is 4.90 Å². The van der Waals surface area contributed by atoms with E-state index in [1.165, 1.54) is 31.2 Å². The van der Waals surface area contributed by atoms with Gasteiger partial charge in [0.1, 0.15) is 0 Å². The molecule has 1 atom stereocenters. The molecule has 1 aliphatic heterocycles. The second kappa shape index (κ2) is 5.47. The van der Waals surface area contributed by atoms with Gasteiger partial charge in [0.15, 0.2) is 5.96 Å². The Hall–Kier alpha value is -1.51. The molecule has 20 heavy (non-hydrogen) atoms. The lowest BCUT2D eigenvalue weighted by Gasteiger charge is -2.43. The van der Waals surface area contributed by atoms with Gasteiger partial charge in [-0.25, -0.2) is 0 Å². The molecule has 1 aromatic rings. The van der Waals surface area contributed by atoms with E-state index < -0.39 is 0 Å². The lowest BCUT2D eigenvalue weighted by Crippen LogP contribution is -2.53. The second-order valence-electron chi connectivity index (χ2n) is 6.13. The summed E-state index contributed by atoms with van der Waals surface area (Å²) in [4.78, 5) is 7.09. The Morgan fingerprint density at radius 2 is 1.95 bits per heavy atom. The Labute approximate surface area is 121 Å². The van der Waals surface area contributed by atoms with Crippen molar-refractivity contribution in [3.05, 3.63) is 35.9 Å². The first kappa shape index (κ1) is 13.5. The van der Waals surface area contributed by atoms with E-state index in [0.29, 0.717) is 6.04 Å². The third-order valence-corrected chi connectivity index (χ3v) is 4.88. The highest BCUT2D eigenvalue weighted by atomic mass is 15.4. The standard InChI is InChI=1S/C17H25N3/c1-2-12-17(14-8-4-3-5-9-14)13-19-16(18)20(17)15-10-6-7-11-15/h3-5,8-9,15H,2,6-7,10-13H2,1H3,(H2,18,19). The molecule has 0 saturated heterocycles. The van der Waals surface area contributed by atoms with Crippen LogP contribution in [0.3, 0.4) is 0 Å². The largest absolute Gasteiger partial charge is 0.370 e. The summed E-state index contributed by atoms with van der Waals surface area (Å²) >= 11 is 0. The van der Waals surface area contributed by atoms with Crippen LogP contribution in [0.25, 0.3) is 0 Å². The highest BCUT2D eigenvalue weighted by Gasteiger charge is 2.46. The first-order valence-electron chi connectivity index (χ1n) is 7.93. The number of aliphatic imine (C=N–C) groups is 1. The topological polar surface area (TPSA) is 41.6 Å². The van der Waals surface area contributed by atoms with Crippen LogP contribution in [0, 0.1) is 0 Å². The summed E-state index contributed by atoms with van der Waals surface area (Å²) in [5.41, 5.74) is 7.65. The minimum atomic E-state index is -0.00486. The van der Waals surface area contributed by atoms with Gasteiger partial charge in [-0.1, -0.05) is 56.5 Å². The predicted molar refractivity (Wildman–Crippen MR) is 83.6 cm³/mol. The highest BCUT2D eigenvalue weighted by molar-refractivity contribution is 5.81. The Morgan fingerprint density at radius 1 is 1.25 bits per heavy atom. The quantitative estimate of drug-likeness (QED) is 0.913. The number of nitrogens with zero attached hydrogens (tertiary/aromatic N) is 2. The fraction of sp³-hybridized carbons (Fsp3) is 0.588. The average molecular weight is 271 g/mol. The summed E-state index contributed by atoms with van der Waals surface area (Å²) in [6, 6.07) is 11.4. The predicted octanol–water partition coefficient (Wildman–Crippen LogP) is 3.25. The zero-order chi connectivity index (χ0) is 14.0. The van der Waals surface area contributed by atoms with Gasteiger partial charge in [-0.2, -0.15) is 0 Å². The molecule has 0 aromatic heterocycles. The first-order chi connectivity index (χ1) is 9.78. The van der Waals surface area contributed by atoms with Crippen molar-refractivity contribution >= 4 is 5.96 Å². The second-order valence-corrected chi connectivity index (χ2v) is 6.13. The normalized spacial score (nSPS) is 27.1. The van der Waals surface area contributed by atoms with Crippen molar-refractivity contribution < 1.29 is 0 Å². The van der Waals surface area contributed by atoms with Crippen LogP contribution in [0.2, 0.25) is 0 Å². The SMILES string of the molecule is CCCC1(c2ccccc2)CN=C(N)N1C1CCCC1. The summed E-state index contributed by atoms with van der Waals surface area (Å²) < 4.78 is 0. The minimum absolute atomic E-state index is 0.00486. The van der Waals surface area contributed by atoms with E-state index >= 15 is 0 Å². The number of benzene rings is 1. The van der Waals surface area contributed by atoms with Crippen LogP contribution >= 0.6 is 0 Å². The molecule has 0 spiro atoms. The van der Waals surface area contributed by atoms with E-state index in [-0.39, 0.29) is 5.54 Å². The number of nitrogens with two attached hydrogens (primary N) is 1. The monoisotopic (exact) mass is 271 g/mol. The van der Waals surface area contributed by atoms with Gasteiger partial charge in [-0.05, 0) is 24.8 Å². The zero-order valence-corrected chi connectivity index (χ0v) is 12.4. The van der Waals surface area contributed by atoms with Gasteiger partial charge in [-0.15, -0.1) is 0 Å². The average Bonchev–Trinajstić information content (AvgIpc) is 3.09. The molecule has 1 heterocycles. The molecule has 3 rings (SSSR count). The summed E-state index contributed by atoms with van der Waals surface area (Å²) in [5, 5.41) is 0. The summed E-state index contributed by atoms with van der Waals surface area (Å²) in [6.07, 6.45) is 7.44. The van der Waals surface area contributed by atoms with Gasteiger partial charge in [0.05, 0.1) is 12.1 Å². The molecule has 1 aliphatic carbocycles. The van der Waals surface area contributed by atoms with Crippen molar-refractivity contribution in [1.29, 1.82) is 0 Å². The molecular formula is C17H25N3. The smallest absolute Gasteiger partial charge is 0.192 e. The summed E-state index contributed by atoms with van der Waals surface area (Å²) in [7, 11) is 0. The Kier molecular flexibility index (Phi) is 3.68. The number of rotatable bonds is 4. The Morgan fingerprint density at radius 3 is 2.60 bits per heavy atom. The molecule has 2 aliphatic rings. The van der Waals surface area contributed by atoms with Crippen LogP contribution in [0.4, 0.5) is 0 Å². The van der Waals surface area contributed by atoms with Crippen LogP contribution in [0.5, 0.6) is 0 Å². The van der Waals surface area contributed by atoms with Gasteiger partial charge in [0.25, 0.3) is 0 Å². The fourth-order valence-corrected chi connectivity index (χ4v) is 4.02. The molecule has 3 nitrogen and oxygen atoms in total. The molecule has 108 valence electrons. The maximum absolute atomic E-state index is 6.28. The molecule has 1 aromatic carbocycles.